The third-order valence-electron chi connectivity index (χ3n) is 4.93. The number of nitrogens with one attached hydrogen (secondary N) is 1. The summed E-state index contributed by atoms with van der Waals surface area (Å²) in [6.45, 7) is 1.07. The molecule has 4 heteroatoms. The molecule has 0 aromatic rings. The molecule has 2 atom stereocenters. The SMILES string of the molecule is CS(=O)(=O)C1CCCC(NCCCC2CCCC2)C1. The number of sulfone groups is 1. The lowest BCUT2D eigenvalue weighted by Crippen LogP contribution is -2.39. The Morgan fingerprint density at radius 2 is 1.79 bits per heavy atom. The summed E-state index contributed by atoms with van der Waals surface area (Å²) in [4.78, 5) is 0. The van der Waals surface area contributed by atoms with Crippen molar-refractivity contribution in [1.29, 1.82) is 0 Å². The lowest BCUT2D eigenvalue weighted by molar-refractivity contribution is 0.362. The van der Waals surface area contributed by atoms with E-state index in [0.717, 1.165) is 38.1 Å². The fraction of sp³-hybridized carbons (Fsp3) is 1.00. The molecule has 112 valence electrons. The van der Waals surface area contributed by atoms with Crippen LogP contribution in [0.3, 0.4) is 0 Å². The van der Waals surface area contributed by atoms with Crippen molar-refractivity contribution in [2.24, 2.45) is 5.92 Å². The largest absolute Gasteiger partial charge is 0.314 e. The summed E-state index contributed by atoms with van der Waals surface area (Å²) in [5.41, 5.74) is 0. The van der Waals surface area contributed by atoms with Gasteiger partial charge >= 0.3 is 0 Å². The maximum Gasteiger partial charge on any atom is 0.150 e. The van der Waals surface area contributed by atoms with Crippen LogP contribution in [0.4, 0.5) is 0 Å². The van der Waals surface area contributed by atoms with Crippen LogP contribution in [-0.2, 0) is 9.84 Å². The van der Waals surface area contributed by atoms with Crippen molar-refractivity contribution in [1.82, 2.24) is 5.32 Å². The first-order chi connectivity index (χ1) is 9.05. The highest BCUT2D eigenvalue weighted by Gasteiger charge is 2.28. The Hall–Kier alpha value is -0.0900. The van der Waals surface area contributed by atoms with Crippen LogP contribution in [0, 0.1) is 5.92 Å². The highest BCUT2D eigenvalue weighted by atomic mass is 32.2. The van der Waals surface area contributed by atoms with E-state index in [-0.39, 0.29) is 5.25 Å². The molecule has 3 nitrogen and oxygen atoms in total. The summed E-state index contributed by atoms with van der Waals surface area (Å²) >= 11 is 0. The van der Waals surface area contributed by atoms with Crippen molar-refractivity contribution in [2.45, 2.75) is 75.5 Å². The lowest BCUT2D eigenvalue weighted by Gasteiger charge is -2.29. The van der Waals surface area contributed by atoms with E-state index in [0.29, 0.717) is 6.04 Å². The molecule has 0 bridgehead atoms. The van der Waals surface area contributed by atoms with Crippen LogP contribution < -0.4 is 5.32 Å². The second-order valence-corrected chi connectivity index (χ2v) is 8.89. The molecule has 0 aromatic heterocycles. The molecule has 1 N–H and O–H groups in total. The van der Waals surface area contributed by atoms with Gasteiger partial charge < -0.3 is 5.32 Å². The van der Waals surface area contributed by atoms with Crippen LogP contribution in [0.2, 0.25) is 0 Å². The van der Waals surface area contributed by atoms with E-state index < -0.39 is 9.84 Å². The summed E-state index contributed by atoms with van der Waals surface area (Å²) in [7, 11) is -2.84. The zero-order valence-corrected chi connectivity index (χ0v) is 13.1. The van der Waals surface area contributed by atoms with E-state index in [2.05, 4.69) is 5.32 Å². The van der Waals surface area contributed by atoms with E-state index in [1.807, 2.05) is 0 Å². The van der Waals surface area contributed by atoms with Gasteiger partial charge in [-0.3, -0.25) is 0 Å². The van der Waals surface area contributed by atoms with E-state index >= 15 is 0 Å². The third-order valence-corrected chi connectivity index (χ3v) is 6.57. The van der Waals surface area contributed by atoms with Crippen molar-refractivity contribution < 1.29 is 8.42 Å². The molecule has 0 aromatic carbocycles. The molecular weight excluding hydrogens is 258 g/mol. The third kappa shape index (κ3) is 5.07. The van der Waals surface area contributed by atoms with E-state index in [1.54, 1.807) is 0 Å². The second kappa shape index (κ2) is 7.07. The Bertz CT molecular complexity index is 360. The minimum Gasteiger partial charge on any atom is -0.314 e. The summed E-state index contributed by atoms with van der Waals surface area (Å²) in [6.07, 6.45) is 13.6. The van der Waals surface area contributed by atoms with Crippen LogP contribution in [-0.4, -0.2) is 32.5 Å². The van der Waals surface area contributed by atoms with Crippen LogP contribution >= 0.6 is 0 Å². The zero-order valence-electron chi connectivity index (χ0n) is 12.2. The number of hydrogen-bond donors (Lipinski definition) is 1. The van der Waals surface area contributed by atoms with Crippen molar-refractivity contribution in [3.8, 4) is 0 Å². The first-order valence-electron chi connectivity index (χ1n) is 7.98. The normalized spacial score (nSPS) is 29.7. The number of hydrogen-bond acceptors (Lipinski definition) is 3. The fourth-order valence-corrected chi connectivity index (χ4v) is 4.89. The van der Waals surface area contributed by atoms with Crippen molar-refractivity contribution in [2.75, 3.05) is 12.8 Å². The molecular formula is C15H29NO2S. The molecule has 0 aliphatic heterocycles. The van der Waals surface area contributed by atoms with Crippen molar-refractivity contribution in [3.05, 3.63) is 0 Å². The van der Waals surface area contributed by atoms with Gasteiger partial charge in [-0.25, -0.2) is 8.42 Å². The average molecular weight is 287 g/mol. The minimum absolute atomic E-state index is 0.103. The summed E-state index contributed by atoms with van der Waals surface area (Å²) in [5.74, 6) is 0.969. The van der Waals surface area contributed by atoms with Gasteiger partial charge in [0, 0.05) is 12.3 Å². The van der Waals surface area contributed by atoms with Gasteiger partial charge in [-0.15, -0.1) is 0 Å². The predicted molar refractivity (Wildman–Crippen MR) is 80.1 cm³/mol. The molecule has 19 heavy (non-hydrogen) atoms. The monoisotopic (exact) mass is 287 g/mol. The van der Waals surface area contributed by atoms with Crippen LogP contribution in [0.15, 0.2) is 0 Å². The van der Waals surface area contributed by atoms with Gasteiger partial charge in [0.1, 0.15) is 9.84 Å². The van der Waals surface area contributed by atoms with Gasteiger partial charge in [0.05, 0.1) is 5.25 Å². The molecule has 2 aliphatic rings. The number of rotatable bonds is 6. The van der Waals surface area contributed by atoms with Crippen molar-refractivity contribution in [3.63, 3.8) is 0 Å². The standard InChI is InChI=1S/C15H29NO2S/c1-19(17,18)15-10-4-9-14(12-15)16-11-5-8-13-6-2-3-7-13/h13-16H,2-12H2,1H3. The van der Waals surface area contributed by atoms with Crippen LogP contribution in [0.1, 0.15) is 64.2 Å². The van der Waals surface area contributed by atoms with Gasteiger partial charge in [0.2, 0.25) is 0 Å². The molecule has 0 amide bonds. The van der Waals surface area contributed by atoms with Gasteiger partial charge in [0.15, 0.2) is 0 Å². The molecule has 0 spiro atoms. The molecule has 2 saturated carbocycles. The van der Waals surface area contributed by atoms with Crippen molar-refractivity contribution >= 4 is 9.84 Å². The molecule has 2 rings (SSSR count). The first-order valence-corrected chi connectivity index (χ1v) is 9.93. The summed E-state index contributed by atoms with van der Waals surface area (Å²) in [5, 5.41) is 3.48. The first kappa shape index (κ1) is 15.3. The summed E-state index contributed by atoms with van der Waals surface area (Å²) < 4.78 is 23.2. The topological polar surface area (TPSA) is 46.2 Å². The summed E-state index contributed by atoms with van der Waals surface area (Å²) in [6, 6.07) is 0.428. The highest BCUT2D eigenvalue weighted by molar-refractivity contribution is 7.91. The average Bonchev–Trinajstić information content (AvgIpc) is 2.87. The van der Waals surface area contributed by atoms with Crippen LogP contribution in [0.5, 0.6) is 0 Å². The predicted octanol–water partition coefficient (Wildman–Crippen LogP) is 2.90. The lowest BCUT2D eigenvalue weighted by atomic mass is 9.94. The Morgan fingerprint density at radius 3 is 2.47 bits per heavy atom. The van der Waals surface area contributed by atoms with E-state index in [1.165, 1.54) is 44.8 Å². The molecule has 0 radical (unpaired) electrons. The fourth-order valence-electron chi connectivity index (χ4n) is 3.72. The van der Waals surface area contributed by atoms with Crippen LogP contribution in [0.25, 0.3) is 0 Å². The maximum atomic E-state index is 11.6. The quantitative estimate of drug-likeness (QED) is 0.764. The molecule has 2 fully saturated rings. The van der Waals surface area contributed by atoms with Gasteiger partial charge in [-0.1, -0.05) is 32.1 Å². The molecule has 2 unspecified atom stereocenters. The smallest absolute Gasteiger partial charge is 0.150 e. The molecule has 0 heterocycles. The van der Waals surface area contributed by atoms with E-state index in [9.17, 15) is 8.42 Å². The second-order valence-electron chi connectivity index (χ2n) is 6.56. The Balaban J connectivity index is 1.62. The van der Waals surface area contributed by atoms with E-state index in [4.69, 9.17) is 0 Å². The Morgan fingerprint density at radius 1 is 1.05 bits per heavy atom. The van der Waals surface area contributed by atoms with Gasteiger partial charge in [-0.2, -0.15) is 0 Å². The van der Waals surface area contributed by atoms with Gasteiger partial charge in [0.25, 0.3) is 0 Å². The Kier molecular flexibility index (Phi) is 5.70. The van der Waals surface area contributed by atoms with Gasteiger partial charge in [-0.05, 0) is 44.6 Å². The minimum atomic E-state index is -2.84. The molecule has 2 aliphatic carbocycles. The zero-order chi connectivity index (χ0) is 13.7. The molecule has 0 saturated heterocycles. The maximum absolute atomic E-state index is 11.6. The Labute approximate surface area is 118 Å². The highest BCUT2D eigenvalue weighted by Crippen LogP contribution is 2.28.